The third-order valence-electron chi connectivity index (χ3n) is 5.36. The molecule has 29 heavy (non-hydrogen) atoms. The van der Waals surface area contributed by atoms with Crippen LogP contribution >= 0.6 is 11.3 Å². The standard InChI is InChI=1S/C22H30FN3O2S/c1-21(2,3)12-18(27)25-20-19(17-6-5-11-29-17)26(10-8-22(20,4)28)14-15-7-9-24-13-16(15)23/h5-7,9,11,13,19-20,28H,8,10,12,14H2,1-4H3,(H,25,27)/t19-,20-,22+/m0/s1. The molecule has 3 atom stereocenters. The minimum Gasteiger partial charge on any atom is -0.388 e. The maximum Gasteiger partial charge on any atom is 0.220 e. The van der Waals surface area contributed by atoms with Crippen molar-refractivity contribution in [1.82, 2.24) is 15.2 Å². The van der Waals surface area contributed by atoms with Gasteiger partial charge in [0.2, 0.25) is 5.91 Å². The highest BCUT2D eigenvalue weighted by atomic mass is 32.1. The molecule has 2 aromatic heterocycles. The van der Waals surface area contributed by atoms with Gasteiger partial charge in [0.15, 0.2) is 0 Å². The summed E-state index contributed by atoms with van der Waals surface area (Å²) in [6.45, 7) is 8.81. The summed E-state index contributed by atoms with van der Waals surface area (Å²) in [6, 6.07) is 4.92. The molecule has 0 saturated carbocycles. The van der Waals surface area contributed by atoms with Gasteiger partial charge in [0.25, 0.3) is 0 Å². The van der Waals surface area contributed by atoms with Crippen LogP contribution in [0, 0.1) is 11.2 Å². The molecule has 3 rings (SSSR count). The molecule has 3 heterocycles. The van der Waals surface area contributed by atoms with Crippen molar-refractivity contribution in [2.45, 2.75) is 64.8 Å². The lowest BCUT2D eigenvalue weighted by atomic mass is 9.81. The molecule has 0 aliphatic carbocycles. The molecule has 1 amide bonds. The molecule has 1 aliphatic rings. The number of carbonyl (C=O) groups excluding carboxylic acids is 1. The molecule has 0 radical (unpaired) electrons. The fourth-order valence-corrected chi connectivity index (χ4v) is 4.78. The number of thiophene rings is 1. The van der Waals surface area contributed by atoms with Crippen molar-refractivity contribution in [1.29, 1.82) is 0 Å². The number of hydrogen-bond donors (Lipinski definition) is 2. The van der Waals surface area contributed by atoms with E-state index in [1.165, 1.54) is 6.20 Å². The molecule has 7 heteroatoms. The number of nitrogens with one attached hydrogen (secondary N) is 1. The first-order chi connectivity index (χ1) is 13.6. The van der Waals surface area contributed by atoms with Gasteiger partial charge in [-0.15, -0.1) is 11.3 Å². The van der Waals surface area contributed by atoms with Crippen molar-refractivity contribution in [2.24, 2.45) is 5.41 Å². The van der Waals surface area contributed by atoms with Crippen LogP contribution in [0.3, 0.4) is 0 Å². The first-order valence-corrected chi connectivity index (χ1v) is 10.8. The molecular formula is C22H30FN3O2S. The molecule has 0 bridgehead atoms. The molecule has 1 saturated heterocycles. The van der Waals surface area contributed by atoms with Crippen LogP contribution in [0.15, 0.2) is 36.0 Å². The number of piperidine rings is 1. The third-order valence-corrected chi connectivity index (χ3v) is 6.30. The summed E-state index contributed by atoms with van der Waals surface area (Å²) in [4.78, 5) is 19.8. The van der Waals surface area contributed by atoms with E-state index in [0.717, 1.165) is 4.88 Å². The van der Waals surface area contributed by atoms with Gasteiger partial charge in [0.1, 0.15) is 5.82 Å². The second kappa shape index (κ2) is 8.50. The van der Waals surface area contributed by atoms with Gasteiger partial charge in [-0.25, -0.2) is 4.39 Å². The normalized spacial score (nSPS) is 25.7. The van der Waals surface area contributed by atoms with Gasteiger partial charge in [0.05, 0.1) is 23.9 Å². The molecular weight excluding hydrogens is 389 g/mol. The Labute approximate surface area is 176 Å². The number of amides is 1. The van der Waals surface area contributed by atoms with Crippen LogP contribution in [-0.4, -0.2) is 39.1 Å². The Bertz CT molecular complexity index is 833. The lowest BCUT2D eigenvalue weighted by molar-refractivity contribution is -0.130. The van der Waals surface area contributed by atoms with E-state index in [9.17, 15) is 14.3 Å². The third kappa shape index (κ3) is 5.41. The van der Waals surface area contributed by atoms with Crippen LogP contribution in [0.25, 0.3) is 0 Å². The lowest BCUT2D eigenvalue weighted by Crippen LogP contribution is -2.62. The largest absolute Gasteiger partial charge is 0.388 e. The van der Waals surface area contributed by atoms with Crippen LogP contribution in [-0.2, 0) is 11.3 Å². The van der Waals surface area contributed by atoms with Crippen LogP contribution in [0.1, 0.15) is 57.0 Å². The predicted octanol–water partition coefficient (Wildman–Crippen LogP) is 3.90. The molecule has 2 aromatic rings. The highest BCUT2D eigenvalue weighted by molar-refractivity contribution is 7.10. The minimum absolute atomic E-state index is 0.0822. The molecule has 1 aliphatic heterocycles. The number of hydrogen-bond acceptors (Lipinski definition) is 5. The highest BCUT2D eigenvalue weighted by Gasteiger charge is 2.46. The van der Waals surface area contributed by atoms with Gasteiger partial charge in [-0.1, -0.05) is 26.8 Å². The Morgan fingerprint density at radius 3 is 2.83 bits per heavy atom. The number of halogens is 1. The van der Waals surface area contributed by atoms with E-state index in [-0.39, 0.29) is 23.2 Å². The monoisotopic (exact) mass is 419 g/mol. The highest BCUT2D eigenvalue weighted by Crippen LogP contribution is 2.40. The maximum absolute atomic E-state index is 14.3. The van der Waals surface area contributed by atoms with E-state index in [4.69, 9.17) is 0 Å². The number of aromatic nitrogens is 1. The lowest BCUT2D eigenvalue weighted by Gasteiger charge is -2.49. The zero-order chi connectivity index (χ0) is 21.2. The topological polar surface area (TPSA) is 65.5 Å². The van der Waals surface area contributed by atoms with Gasteiger partial charge < -0.3 is 10.4 Å². The summed E-state index contributed by atoms with van der Waals surface area (Å²) in [5, 5.41) is 16.3. The Balaban J connectivity index is 1.92. The Kier molecular flexibility index (Phi) is 6.41. The van der Waals surface area contributed by atoms with E-state index >= 15 is 0 Å². The molecule has 5 nitrogen and oxygen atoms in total. The maximum atomic E-state index is 14.3. The summed E-state index contributed by atoms with van der Waals surface area (Å²) in [5.74, 6) is -0.427. The number of pyridine rings is 1. The SMILES string of the molecule is CC(C)(C)CC(=O)N[C@H]1[C@H](c2cccs2)N(Cc2ccncc2F)CC[C@@]1(C)O. The van der Waals surface area contributed by atoms with E-state index < -0.39 is 11.6 Å². The van der Waals surface area contributed by atoms with Crippen molar-refractivity contribution in [2.75, 3.05) is 6.54 Å². The van der Waals surface area contributed by atoms with Gasteiger partial charge >= 0.3 is 0 Å². The second-order valence-electron chi connectivity index (χ2n) is 9.29. The number of rotatable bonds is 5. The molecule has 0 spiro atoms. The first-order valence-electron chi connectivity index (χ1n) is 9.94. The average Bonchev–Trinajstić information content (AvgIpc) is 3.12. The minimum atomic E-state index is -1.06. The summed E-state index contributed by atoms with van der Waals surface area (Å²) >= 11 is 1.58. The van der Waals surface area contributed by atoms with E-state index in [2.05, 4.69) is 15.2 Å². The molecule has 0 unspecified atom stereocenters. The Morgan fingerprint density at radius 2 is 2.21 bits per heavy atom. The number of carbonyl (C=O) groups is 1. The number of likely N-dealkylation sites (tertiary alicyclic amines) is 1. The molecule has 2 N–H and O–H groups in total. The zero-order valence-corrected chi connectivity index (χ0v) is 18.3. The van der Waals surface area contributed by atoms with Crippen LogP contribution in [0.5, 0.6) is 0 Å². The van der Waals surface area contributed by atoms with Crippen LogP contribution < -0.4 is 5.32 Å². The van der Waals surface area contributed by atoms with Crippen molar-refractivity contribution < 1.29 is 14.3 Å². The summed E-state index contributed by atoms with van der Waals surface area (Å²) < 4.78 is 14.3. The van der Waals surface area contributed by atoms with Crippen molar-refractivity contribution >= 4 is 17.2 Å². The molecule has 1 fully saturated rings. The summed E-state index contributed by atoms with van der Waals surface area (Å²) in [5.41, 5.74) is -0.652. The Morgan fingerprint density at radius 1 is 1.45 bits per heavy atom. The van der Waals surface area contributed by atoms with E-state index in [1.54, 1.807) is 30.5 Å². The fraction of sp³-hybridized carbons (Fsp3) is 0.545. The number of nitrogens with zero attached hydrogens (tertiary/aromatic N) is 2. The van der Waals surface area contributed by atoms with Crippen LogP contribution in [0.4, 0.5) is 4.39 Å². The van der Waals surface area contributed by atoms with Crippen molar-refractivity contribution in [3.63, 3.8) is 0 Å². The smallest absolute Gasteiger partial charge is 0.220 e. The van der Waals surface area contributed by atoms with E-state index in [0.29, 0.717) is 31.5 Å². The number of aliphatic hydroxyl groups is 1. The second-order valence-corrected chi connectivity index (χ2v) is 10.3. The van der Waals surface area contributed by atoms with Gasteiger partial charge in [-0.2, -0.15) is 0 Å². The van der Waals surface area contributed by atoms with Gasteiger partial charge in [-0.05, 0) is 36.3 Å². The van der Waals surface area contributed by atoms with Crippen molar-refractivity contribution in [3.05, 3.63) is 52.2 Å². The summed E-state index contributed by atoms with van der Waals surface area (Å²) in [6.07, 6.45) is 3.66. The quantitative estimate of drug-likeness (QED) is 0.771. The predicted molar refractivity (Wildman–Crippen MR) is 113 cm³/mol. The zero-order valence-electron chi connectivity index (χ0n) is 17.5. The van der Waals surface area contributed by atoms with Gasteiger partial charge in [-0.3, -0.25) is 14.7 Å². The first kappa shape index (κ1) is 21.9. The van der Waals surface area contributed by atoms with Gasteiger partial charge in [0, 0.05) is 36.1 Å². The van der Waals surface area contributed by atoms with Crippen molar-refractivity contribution in [3.8, 4) is 0 Å². The molecule has 158 valence electrons. The fourth-order valence-electron chi connectivity index (χ4n) is 3.89. The molecule has 0 aromatic carbocycles. The van der Waals surface area contributed by atoms with E-state index in [1.807, 2.05) is 38.3 Å². The summed E-state index contributed by atoms with van der Waals surface area (Å²) in [7, 11) is 0. The van der Waals surface area contributed by atoms with Crippen LogP contribution in [0.2, 0.25) is 0 Å². The Hall–Kier alpha value is -1.83. The average molecular weight is 420 g/mol.